The van der Waals surface area contributed by atoms with Gasteiger partial charge in [0.2, 0.25) is 10.0 Å². The SMILES string of the molecule is O=S(=O)(NC[C@H]1CN(Cc2ccccc2)CCO1)c1cccs1. The molecule has 0 saturated carbocycles. The number of nitrogens with one attached hydrogen (secondary N) is 1. The van der Waals surface area contributed by atoms with E-state index >= 15 is 0 Å². The van der Waals surface area contributed by atoms with Crippen molar-refractivity contribution in [3.05, 3.63) is 53.4 Å². The maximum Gasteiger partial charge on any atom is 0.250 e. The molecule has 1 aliphatic rings. The van der Waals surface area contributed by atoms with E-state index in [2.05, 4.69) is 21.8 Å². The Morgan fingerprint density at radius 1 is 1.22 bits per heavy atom. The van der Waals surface area contributed by atoms with Crippen LogP contribution in [0.4, 0.5) is 0 Å². The molecule has 124 valence electrons. The highest BCUT2D eigenvalue weighted by Gasteiger charge is 2.23. The molecule has 1 aliphatic heterocycles. The van der Waals surface area contributed by atoms with Crippen LogP contribution in [0.3, 0.4) is 0 Å². The van der Waals surface area contributed by atoms with Gasteiger partial charge in [0.25, 0.3) is 0 Å². The van der Waals surface area contributed by atoms with Gasteiger partial charge in [-0.05, 0) is 17.0 Å². The van der Waals surface area contributed by atoms with Gasteiger partial charge in [-0.3, -0.25) is 4.90 Å². The van der Waals surface area contributed by atoms with E-state index in [0.717, 1.165) is 19.6 Å². The number of thiophene rings is 1. The highest BCUT2D eigenvalue weighted by molar-refractivity contribution is 7.91. The summed E-state index contributed by atoms with van der Waals surface area (Å²) in [5.41, 5.74) is 1.26. The Labute approximate surface area is 140 Å². The smallest absolute Gasteiger partial charge is 0.250 e. The first-order valence-electron chi connectivity index (χ1n) is 7.54. The summed E-state index contributed by atoms with van der Waals surface area (Å²) in [4.78, 5) is 2.29. The van der Waals surface area contributed by atoms with Gasteiger partial charge in [0.05, 0.1) is 12.7 Å². The number of nitrogens with zero attached hydrogens (tertiary/aromatic N) is 1. The van der Waals surface area contributed by atoms with Crippen LogP contribution >= 0.6 is 11.3 Å². The molecule has 1 fully saturated rings. The minimum atomic E-state index is -3.42. The van der Waals surface area contributed by atoms with E-state index in [-0.39, 0.29) is 6.10 Å². The lowest BCUT2D eigenvalue weighted by Crippen LogP contribution is -2.47. The summed E-state index contributed by atoms with van der Waals surface area (Å²) in [6.45, 7) is 3.37. The molecule has 0 bridgehead atoms. The highest BCUT2D eigenvalue weighted by Crippen LogP contribution is 2.16. The van der Waals surface area contributed by atoms with Crippen LogP contribution in [0.25, 0.3) is 0 Å². The first-order chi connectivity index (χ1) is 11.1. The number of sulfonamides is 1. The summed E-state index contributed by atoms with van der Waals surface area (Å²) >= 11 is 1.22. The molecule has 1 saturated heterocycles. The summed E-state index contributed by atoms with van der Waals surface area (Å²) in [5, 5.41) is 1.76. The molecule has 0 amide bonds. The second kappa shape index (κ2) is 7.55. The monoisotopic (exact) mass is 352 g/mol. The molecule has 1 aromatic carbocycles. The van der Waals surface area contributed by atoms with Crippen molar-refractivity contribution in [2.45, 2.75) is 16.9 Å². The fraction of sp³-hybridized carbons (Fsp3) is 0.375. The molecule has 7 heteroatoms. The van der Waals surface area contributed by atoms with E-state index in [0.29, 0.717) is 17.4 Å². The van der Waals surface area contributed by atoms with Crippen molar-refractivity contribution in [1.29, 1.82) is 0 Å². The minimum absolute atomic E-state index is 0.123. The van der Waals surface area contributed by atoms with E-state index in [1.807, 2.05) is 18.2 Å². The van der Waals surface area contributed by atoms with Crippen molar-refractivity contribution in [3.63, 3.8) is 0 Å². The average Bonchev–Trinajstić information content (AvgIpc) is 3.10. The third-order valence-corrected chi connectivity index (χ3v) is 6.55. The largest absolute Gasteiger partial charge is 0.374 e. The summed E-state index contributed by atoms with van der Waals surface area (Å²) < 4.78 is 33.0. The lowest BCUT2D eigenvalue weighted by Gasteiger charge is -2.33. The van der Waals surface area contributed by atoms with Gasteiger partial charge in [-0.15, -0.1) is 11.3 Å². The van der Waals surface area contributed by atoms with Crippen LogP contribution in [0.15, 0.2) is 52.1 Å². The van der Waals surface area contributed by atoms with Crippen LogP contribution < -0.4 is 4.72 Å². The van der Waals surface area contributed by atoms with Crippen molar-refractivity contribution in [3.8, 4) is 0 Å². The predicted molar refractivity (Wildman–Crippen MR) is 91.0 cm³/mol. The second-order valence-corrected chi connectivity index (χ2v) is 8.44. The van der Waals surface area contributed by atoms with Crippen LogP contribution in [0.5, 0.6) is 0 Å². The predicted octanol–water partition coefficient (Wildman–Crippen LogP) is 1.93. The topological polar surface area (TPSA) is 58.6 Å². The number of benzene rings is 1. The van der Waals surface area contributed by atoms with E-state index in [1.165, 1.54) is 16.9 Å². The van der Waals surface area contributed by atoms with Crippen LogP contribution in [0, 0.1) is 0 Å². The molecule has 2 heterocycles. The van der Waals surface area contributed by atoms with Crippen molar-refractivity contribution in [2.24, 2.45) is 0 Å². The lowest BCUT2D eigenvalue weighted by molar-refractivity contribution is -0.0276. The Hall–Kier alpha value is -1.25. The van der Waals surface area contributed by atoms with Gasteiger partial charge in [0, 0.05) is 26.2 Å². The first kappa shape index (κ1) is 16.6. The number of hydrogen-bond acceptors (Lipinski definition) is 5. The van der Waals surface area contributed by atoms with Crippen LogP contribution in [-0.2, 0) is 21.3 Å². The highest BCUT2D eigenvalue weighted by atomic mass is 32.2. The molecule has 1 atom stereocenters. The number of morpholine rings is 1. The van der Waals surface area contributed by atoms with Gasteiger partial charge < -0.3 is 4.74 Å². The van der Waals surface area contributed by atoms with Gasteiger partial charge in [0.1, 0.15) is 4.21 Å². The van der Waals surface area contributed by atoms with Gasteiger partial charge >= 0.3 is 0 Å². The molecule has 1 N–H and O–H groups in total. The fourth-order valence-corrected chi connectivity index (χ4v) is 4.68. The van der Waals surface area contributed by atoms with Crippen LogP contribution in [0.1, 0.15) is 5.56 Å². The molecule has 3 rings (SSSR count). The molecule has 5 nitrogen and oxygen atoms in total. The maximum absolute atomic E-state index is 12.1. The lowest BCUT2D eigenvalue weighted by atomic mass is 10.2. The zero-order chi connectivity index (χ0) is 16.1. The van der Waals surface area contributed by atoms with Crippen molar-refractivity contribution >= 4 is 21.4 Å². The van der Waals surface area contributed by atoms with Crippen LogP contribution in [-0.4, -0.2) is 45.7 Å². The molecular formula is C16H20N2O3S2. The molecule has 0 spiro atoms. The Morgan fingerprint density at radius 2 is 2.04 bits per heavy atom. The molecule has 0 radical (unpaired) electrons. The zero-order valence-electron chi connectivity index (χ0n) is 12.7. The standard InChI is InChI=1S/C16H20N2O3S2/c19-23(20,16-7-4-10-22-16)17-11-15-13-18(8-9-21-15)12-14-5-2-1-3-6-14/h1-7,10,15,17H,8-9,11-13H2/t15-/m0/s1. The molecule has 23 heavy (non-hydrogen) atoms. The second-order valence-electron chi connectivity index (χ2n) is 5.50. The van der Waals surface area contributed by atoms with Crippen molar-refractivity contribution in [1.82, 2.24) is 9.62 Å². The van der Waals surface area contributed by atoms with Gasteiger partial charge in [0.15, 0.2) is 0 Å². The van der Waals surface area contributed by atoms with Crippen LogP contribution in [0.2, 0.25) is 0 Å². The van der Waals surface area contributed by atoms with Gasteiger partial charge in [-0.1, -0.05) is 36.4 Å². The van der Waals surface area contributed by atoms with E-state index in [4.69, 9.17) is 4.74 Å². The zero-order valence-corrected chi connectivity index (χ0v) is 14.4. The average molecular weight is 352 g/mol. The molecule has 2 aromatic rings. The third kappa shape index (κ3) is 4.62. The van der Waals surface area contributed by atoms with E-state index in [1.54, 1.807) is 17.5 Å². The summed E-state index contributed by atoms with van der Waals surface area (Å²) in [5.74, 6) is 0. The Morgan fingerprint density at radius 3 is 2.78 bits per heavy atom. The maximum atomic E-state index is 12.1. The van der Waals surface area contributed by atoms with E-state index in [9.17, 15) is 8.42 Å². The van der Waals surface area contributed by atoms with E-state index < -0.39 is 10.0 Å². The van der Waals surface area contributed by atoms with Gasteiger partial charge in [-0.25, -0.2) is 13.1 Å². The number of rotatable bonds is 6. The minimum Gasteiger partial charge on any atom is -0.374 e. The molecule has 0 aliphatic carbocycles. The number of hydrogen-bond donors (Lipinski definition) is 1. The Balaban J connectivity index is 1.53. The first-order valence-corrected chi connectivity index (χ1v) is 9.91. The van der Waals surface area contributed by atoms with Crippen molar-refractivity contribution < 1.29 is 13.2 Å². The third-order valence-electron chi connectivity index (χ3n) is 3.73. The Bertz CT molecular complexity index is 702. The fourth-order valence-electron chi connectivity index (χ4n) is 2.58. The molecular weight excluding hydrogens is 332 g/mol. The van der Waals surface area contributed by atoms with Gasteiger partial charge in [-0.2, -0.15) is 0 Å². The number of ether oxygens (including phenoxy) is 1. The molecule has 1 aromatic heterocycles. The summed E-state index contributed by atoms with van der Waals surface area (Å²) in [7, 11) is -3.42. The summed E-state index contributed by atoms with van der Waals surface area (Å²) in [6.07, 6.45) is -0.123. The summed E-state index contributed by atoms with van der Waals surface area (Å²) in [6, 6.07) is 13.6. The molecule has 0 unspecified atom stereocenters. The van der Waals surface area contributed by atoms with Crippen molar-refractivity contribution in [2.75, 3.05) is 26.2 Å². The normalized spacial score (nSPS) is 19.7. The Kier molecular flexibility index (Phi) is 5.45. The quantitative estimate of drug-likeness (QED) is 0.863.